The van der Waals surface area contributed by atoms with Gasteiger partial charge in [-0.05, 0) is 31.0 Å². The molecule has 0 aliphatic carbocycles. The number of hydrogen-bond donors (Lipinski definition) is 2. The molecule has 1 fully saturated rings. The van der Waals surface area contributed by atoms with Crippen molar-refractivity contribution in [2.24, 2.45) is 11.7 Å². The molecule has 0 spiro atoms. The van der Waals surface area contributed by atoms with E-state index in [1.165, 1.54) is 5.56 Å². The first-order chi connectivity index (χ1) is 8.24. The Labute approximate surface area is 102 Å². The van der Waals surface area contributed by atoms with Crippen molar-refractivity contribution in [3.05, 3.63) is 29.8 Å². The van der Waals surface area contributed by atoms with Crippen molar-refractivity contribution in [3.8, 4) is 0 Å². The fraction of sp³-hybridized carbons (Fsp3) is 0.462. The number of rotatable bonds is 4. The Morgan fingerprint density at radius 1 is 1.47 bits per heavy atom. The van der Waals surface area contributed by atoms with Crippen LogP contribution in [0, 0.1) is 5.92 Å². The number of aryl methyl sites for hydroxylation is 1. The number of benzene rings is 1. The number of nitrogens with one attached hydrogen (secondary N) is 1. The van der Waals surface area contributed by atoms with Crippen LogP contribution in [-0.2, 0) is 11.2 Å². The summed E-state index contributed by atoms with van der Waals surface area (Å²) in [6, 6.07) is 8.00. The van der Waals surface area contributed by atoms with Crippen LogP contribution in [0.1, 0.15) is 18.9 Å². The lowest BCUT2D eigenvalue weighted by atomic mass is 10.1. The quantitative estimate of drug-likeness (QED) is 0.817. The smallest absolute Gasteiger partial charge is 0.245 e. The molecular weight excluding hydrogens is 214 g/mol. The zero-order chi connectivity index (χ0) is 12.3. The van der Waals surface area contributed by atoms with Gasteiger partial charge in [0, 0.05) is 6.54 Å². The Morgan fingerprint density at radius 3 is 2.88 bits per heavy atom. The Bertz CT molecular complexity index is 405. The maximum absolute atomic E-state index is 12.0. The van der Waals surface area contributed by atoms with Gasteiger partial charge in [-0.2, -0.15) is 0 Å². The molecule has 4 nitrogen and oxygen atoms in total. The number of anilines is 1. The van der Waals surface area contributed by atoms with Gasteiger partial charge in [-0.3, -0.25) is 4.79 Å². The molecule has 0 saturated carbocycles. The van der Waals surface area contributed by atoms with Gasteiger partial charge in [0.05, 0.1) is 11.6 Å². The minimum Gasteiger partial charge on any atom is -0.330 e. The molecule has 17 heavy (non-hydrogen) atoms. The van der Waals surface area contributed by atoms with Gasteiger partial charge in [0.25, 0.3) is 0 Å². The molecule has 1 atom stereocenters. The predicted molar refractivity (Wildman–Crippen MR) is 68.5 cm³/mol. The summed E-state index contributed by atoms with van der Waals surface area (Å²) in [5, 5.41) is 1.68. The number of carbonyl (C=O) groups is 1. The molecule has 1 saturated heterocycles. The SMILES string of the molecule is CC1CNN(c2ccccc2CCCN)C1=O. The van der Waals surface area contributed by atoms with Gasteiger partial charge in [0.1, 0.15) is 0 Å². The standard InChI is InChI=1S/C13H19N3O/c1-10-9-15-16(13(10)17)12-7-3-2-5-11(12)6-4-8-14/h2-3,5,7,10,15H,4,6,8-9,14H2,1H3. The molecule has 1 unspecified atom stereocenters. The highest BCUT2D eigenvalue weighted by atomic mass is 16.2. The van der Waals surface area contributed by atoms with Crippen molar-refractivity contribution >= 4 is 11.6 Å². The number of para-hydroxylation sites is 1. The summed E-state index contributed by atoms with van der Waals surface area (Å²) in [4.78, 5) is 12.0. The largest absolute Gasteiger partial charge is 0.330 e. The molecule has 2 rings (SSSR count). The van der Waals surface area contributed by atoms with Crippen LogP contribution >= 0.6 is 0 Å². The summed E-state index contributed by atoms with van der Waals surface area (Å²) >= 11 is 0. The first kappa shape index (κ1) is 12.1. The Morgan fingerprint density at radius 2 is 2.24 bits per heavy atom. The normalized spacial score (nSPS) is 20.0. The average Bonchev–Trinajstić information content (AvgIpc) is 2.68. The maximum Gasteiger partial charge on any atom is 0.245 e. The second kappa shape index (κ2) is 5.29. The molecule has 4 heteroatoms. The Balaban J connectivity index is 2.22. The summed E-state index contributed by atoms with van der Waals surface area (Å²) in [6.07, 6.45) is 1.85. The third kappa shape index (κ3) is 2.48. The highest BCUT2D eigenvalue weighted by Crippen LogP contribution is 2.24. The van der Waals surface area contributed by atoms with Crippen LogP contribution in [0.3, 0.4) is 0 Å². The van der Waals surface area contributed by atoms with Crippen molar-refractivity contribution in [2.75, 3.05) is 18.1 Å². The Kier molecular flexibility index (Phi) is 3.76. The molecule has 1 aliphatic heterocycles. The highest BCUT2D eigenvalue weighted by molar-refractivity contribution is 5.96. The minimum atomic E-state index is 0.0533. The average molecular weight is 233 g/mol. The van der Waals surface area contributed by atoms with E-state index < -0.39 is 0 Å². The fourth-order valence-electron chi connectivity index (χ4n) is 2.05. The zero-order valence-corrected chi connectivity index (χ0v) is 10.1. The van der Waals surface area contributed by atoms with Crippen LogP contribution < -0.4 is 16.2 Å². The van der Waals surface area contributed by atoms with Gasteiger partial charge in [0.2, 0.25) is 5.91 Å². The van der Waals surface area contributed by atoms with Gasteiger partial charge in [-0.25, -0.2) is 10.4 Å². The van der Waals surface area contributed by atoms with E-state index in [1.807, 2.05) is 25.1 Å². The van der Waals surface area contributed by atoms with E-state index in [9.17, 15) is 4.79 Å². The topological polar surface area (TPSA) is 58.4 Å². The highest BCUT2D eigenvalue weighted by Gasteiger charge is 2.29. The third-order valence-corrected chi connectivity index (χ3v) is 3.08. The lowest BCUT2D eigenvalue weighted by Gasteiger charge is -2.19. The summed E-state index contributed by atoms with van der Waals surface area (Å²) in [5.41, 5.74) is 10.8. The van der Waals surface area contributed by atoms with Gasteiger partial charge in [-0.1, -0.05) is 25.1 Å². The van der Waals surface area contributed by atoms with Crippen molar-refractivity contribution in [1.82, 2.24) is 5.43 Å². The summed E-state index contributed by atoms with van der Waals surface area (Å²) in [6.45, 7) is 3.33. The Hall–Kier alpha value is -1.39. The number of carbonyl (C=O) groups excluding carboxylic acids is 1. The van der Waals surface area contributed by atoms with Gasteiger partial charge in [0.15, 0.2) is 0 Å². The van der Waals surface area contributed by atoms with E-state index in [0.29, 0.717) is 13.1 Å². The number of hydrogen-bond acceptors (Lipinski definition) is 3. The molecule has 0 aromatic heterocycles. The second-order valence-electron chi connectivity index (χ2n) is 4.46. The van der Waals surface area contributed by atoms with Crippen LogP contribution in [0.5, 0.6) is 0 Å². The van der Waals surface area contributed by atoms with Gasteiger partial charge in [-0.15, -0.1) is 0 Å². The molecule has 1 amide bonds. The monoisotopic (exact) mass is 233 g/mol. The summed E-state index contributed by atoms with van der Waals surface area (Å²) in [5.74, 6) is 0.197. The van der Waals surface area contributed by atoms with E-state index in [4.69, 9.17) is 5.73 Å². The van der Waals surface area contributed by atoms with Crippen molar-refractivity contribution in [2.45, 2.75) is 19.8 Å². The van der Waals surface area contributed by atoms with Crippen LogP contribution in [0.4, 0.5) is 5.69 Å². The van der Waals surface area contributed by atoms with E-state index in [2.05, 4.69) is 11.5 Å². The van der Waals surface area contributed by atoms with E-state index >= 15 is 0 Å². The van der Waals surface area contributed by atoms with Gasteiger partial charge < -0.3 is 5.73 Å². The van der Waals surface area contributed by atoms with Crippen molar-refractivity contribution < 1.29 is 4.79 Å². The van der Waals surface area contributed by atoms with Crippen molar-refractivity contribution in [1.29, 1.82) is 0 Å². The molecule has 1 aromatic carbocycles. The van der Waals surface area contributed by atoms with Crippen LogP contribution in [-0.4, -0.2) is 19.0 Å². The van der Waals surface area contributed by atoms with Crippen LogP contribution in [0.25, 0.3) is 0 Å². The fourth-order valence-corrected chi connectivity index (χ4v) is 2.05. The molecule has 1 aromatic rings. The van der Waals surface area contributed by atoms with Gasteiger partial charge >= 0.3 is 0 Å². The number of hydrazine groups is 1. The minimum absolute atomic E-state index is 0.0533. The van der Waals surface area contributed by atoms with Crippen LogP contribution in [0.15, 0.2) is 24.3 Å². The summed E-state index contributed by atoms with van der Waals surface area (Å²) in [7, 11) is 0. The van der Waals surface area contributed by atoms with Crippen LogP contribution in [0.2, 0.25) is 0 Å². The molecular formula is C13H19N3O. The predicted octanol–water partition coefficient (Wildman–Crippen LogP) is 1.07. The molecule has 0 bridgehead atoms. The summed E-state index contributed by atoms with van der Waals surface area (Å²) < 4.78 is 0. The lowest BCUT2D eigenvalue weighted by molar-refractivity contribution is -0.119. The first-order valence-electron chi connectivity index (χ1n) is 6.09. The maximum atomic E-state index is 12.0. The molecule has 3 N–H and O–H groups in total. The van der Waals surface area contributed by atoms with E-state index in [1.54, 1.807) is 5.01 Å². The van der Waals surface area contributed by atoms with Crippen molar-refractivity contribution in [3.63, 3.8) is 0 Å². The number of nitrogens with two attached hydrogens (primary N) is 1. The number of nitrogens with zero attached hydrogens (tertiary/aromatic N) is 1. The zero-order valence-electron chi connectivity index (χ0n) is 10.1. The first-order valence-corrected chi connectivity index (χ1v) is 6.09. The molecule has 0 radical (unpaired) electrons. The third-order valence-electron chi connectivity index (χ3n) is 3.08. The lowest BCUT2D eigenvalue weighted by Crippen LogP contribution is -2.35. The number of amides is 1. The van der Waals surface area contributed by atoms with E-state index in [-0.39, 0.29) is 11.8 Å². The van der Waals surface area contributed by atoms with E-state index in [0.717, 1.165) is 18.5 Å². The molecule has 1 aliphatic rings. The molecule has 1 heterocycles. The second-order valence-corrected chi connectivity index (χ2v) is 4.46. The molecule has 92 valence electrons.